The highest BCUT2D eigenvalue weighted by atomic mass is 16.2. The second-order valence-corrected chi connectivity index (χ2v) is 8.93. The summed E-state index contributed by atoms with van der Waals surface area (Å²) in [5.74, 6) is -0.438. The number of amides is 3. The Morgan fingerprint density at radius 2 is 1.69 bits per heavy atom. The molecule has 0 saturated heterocycles. The first-order valence-corrected chi connectivity index (χ1v) is 11.1. The number of aromatic nitrogens is 4. The van der Waals surface area contributed by atoms with E-state index in [9.17, 15) is 19.2 Å². The van der Waals surface area contributed by atoms with E-state index in [0.717, 1.165) is 4.68 Å². The van der Waals surface area contributed by atoms with E-state index in [1.165, 1.54) is 16.8 Å². The van der Waals surface area contributed by atoms with Crippen LogP contribution in [0.15, 0.2) is 59.7 Å². The second kappa shape index (κ2) is 10.8. The topological polar surface area (TPSA) is 140 Å². The van der Waals surface area contributed by atoms with Crippen LogP contribution in [-0.4, -0.2) is 50.4 Å². The number of anilines is 1. The SMILES string of the molecule is CC(C(=O)NCCNC(=O)c1ccc(NC(=O)C(C)(C)C)cc1)n1nc(-n2cccn2)ccc1=O. The number of carbonyl (C=O) groups is 3. The van der Waals surface area contributed by atoms with Gasteiger partial charge < -0.3 is 16.0 Å². The van der Waals surface area contributed by atoms with E-state index in [2.05, 4.69) is 26.1 Å². The lowest BCUT2D eigenvalue weighted by atomic mass is 9.95. The van der Waals surface area contributed by atoms with Gasteiger partial charge in [-0.1, -0.05) is 20.8 Å². The Kier molecular flexibility index (Phi) is 7.80. The first kappa shape index (κ1) is 25.3. The van der Waals surface area contributed by atoms with Crippen LogP contribution in [0.25, 0.3) is 5.82 Å². The number of rotatable bonds is 8. The van der Waals surface area contributed by atoms with Gasteiger partial charge in [0.1, 0.15) is 6.04 Å². The van der Waals surface area contributed by atoms with E-state index in [1.807, 2.05) is 20.8 Å². The summed E-state index contributed by atoms with van der Waals surface area (Å²) in [6, 6.07) is 10.3. The molecule has 184 valence electrons. The van der Waals surface area contributed by atoms with Crippen molar-refractivity contribution in [3.05, 3.63) is 70.8 Å². The summed E-state index contributed by atoms with van der Waals surface area (Å²) in [6.07, 6.45) is 3.26. The predicted octanol–water partition coefficient (Wildman–Crippen LogP) is 1.52. The minimum absolute atomic E-state index is 0.120. The monoisotopic (exact) mass is 479 g/mol. The zero-order chi connectivity index (χ0) is 25.6. The van der Waals surface area contributed by atoms with Crippen molar-refractivity contribution in [2.24, 2.45) is 5.41 Å². The lowest BCUT2D eigenvalue weighted by molar-refractivity contribution is -0.124. The van der Waals surface area contributed by atoms with Crippen LogP contribution in [0.1, 0.15) is 44.1 Å². The molecule has 3 N–H and O–H groups in total. The third kappa shape index (κ3) is 6.62. The summed E-state index contributed by atoms with van der Waals surface area (Å²) in [7, 11) is 0. The minimum atomic E-state index is -0.857. The molecule has 1 unspecified atom stereocenters. The fourth-order valence-electron chi connectivity index (χ4n) is 2.97. The van der Waals surface area contributed by atoms with Crippen molar-refractivity contribution in [3.63, 3.8) is 0 Å². The number of benzene rings is 1. The fourth-order valence-corrected chi connectivity index (χ4v) is 2.97. The molecular weight excluding hydrogens is 450 g/mol. The van der Waals surface area contributed by atoms with Gasteiger partial charge in [0, 0.05) is 48.2 Å². The Labute approximate surface area is 202 Å². The summed E-state index contributed by atoms with van der Waals surface area (Å²) in [5.41, 5.74) is 0.0801. The molecule has 2 aromatic heterocycles. The quantitative estimate of drug-likeness (QED) is 0.419. The highest BCUT2D eigenvalue weighted by Gasteiger charge is 2.21. The Morgan fingerprint density at radius 1 is 1.00 bits per heavy atom. The summed E-state index contributed by atoms with van der Waals surface area (Å²) >= 11 is 0. The molecule has 0 spiro atoms. The van der Waals surface area contributed by atoms with Gasteiger partial charge in [0.25, 0.3) is 11.5 Å². The molecule has 1 aromatic carbocycles. The van der Waals surface area contributed by atoms with Crippen molar-refractivity contribution in [1.82, 2.24) is 30.2 Å². The third-order valence-electron chi connectivity index (χ3n) is 5.09. The molecule has 35 heavy (non-hydrogen) atoms. The Hall–Kier alpha value is -4.28. The lowest BCUT2D eigenvalue weighted by Gasteiger charge is -2.17. The Bertz CT molecular complexity index is 1240. The van der Waals surface area contributed by atoms with Crippen molar-refractivity contribution in [1.29, 1.82) is 0 Å². The largest absolute Gasteiger partial charge is 0.352 e. The van der Waals surface area contributed by atoms with Crippen LogP contribution in [0.5, 0.6) is 0 Å². The van der Waals surface area contributed by atoms with E-state index < -0.39 is 22.9 Å². The molecule has 0 saturated carbocycles. The van der Waals surface area contributed by atoms with Crippen LogP contribution >= 0.6 is 0 Å². The van der Waals surface area contributed by atoms with Gasteiger partial charge in [-0.2, -0.15) is 5.10 Å². The molecule has 0 aliphatic rings. The van der Waals surface area contributed by atoms with E-state index in [0.29, 0.717) is 17.1 Å². The van der Waals surface area contributed by atoms with Crippen LogP contribution in [0, 0.1) is 5.41 Å². The van der Waals surface area contributed by atoms with Crippen molar-refractivity contribution in [3.8, 4) is 5.82 Å². The molecular formula is C24H29N7O4. The molecule has 0 aliphatic carbocycles. The van der Waals surface area contributed by atoms with E-state index >= 15 is 0 Å². The molecule has 3 aromatic rings. The van der Waals surface area contributed by atoms with Crippen molar-refractivity contribution in [2.45, 2.75) is 33.7 Å². The normalized spacial score (nSPS) is 12.0. The number of hydrogen-bond donors (Lipinski definition) is 3. The first-order valence-electron chi connectivity index (χ1n) is 11.1. The van der Waals surface area contributed by atoms with Gasteiger partial charge in [0.05, 0.1) is 0 Å². The number of carbonyl (C=O) groups excluding carboxylic acids is 3. The van der Waals surface area contributed by atoms with Crippen LogP contribution in [0.3, 0.4) is 0 Å². The predicted molar refractivity (Wildman–Crippen MR) is 130 cm³/mol. The van der Waals surface area contributed by atoms with Gasteiger partial charge in [0.2, 0.25) is 11.8 Å². The average Bonchev–Trinajstić information content (AvgIpc) is 3.36. The molecule has 0 aliphatic heterocycles. The van der Waals surface area contributed by atoms with Crippen molar-refractivity contribution < 1.29 is 14.4 Å². The van der Waals surface area contributed by atoms with E-state index in [4.69, 9.17) is 0 Å². The summed E-state index contributed by atoms with van der Waals surface area (Å²) < 4.78 is 2.58. The number of nitrogens with one attached hydrogen (secondary N) is 3. The third-order valence-corrected chi connectivity index (χ3v) is 5.09. The minimum Gasteiger partial charge on any atom is -0.352 e. The van der Waals surface area contributed by atoms with Crippen molar-refractivity contribution >= 4 is 23.4 Å². The smallest absolute Gasteiger partial charge is 0.267 e. The lowest BCUT2D eigenvalue weighted by Crippen LogP contribution is -2.40. The highest BCUT2D eigenvalue weighted by molar-refractivity contribution is 5.97. The second-order valence-electron chi connectivity index (χ2n) is 8.93. The molecule has 11 heteroatoms. The van der Waals surface area contributed by atoms with Gasteiger partial charge in [0.15, 0.2) is 5.82 Å². The van der Waals surface area contributed by atoms with Gasteiger partial charge >= 0.3 is 0 Å². The summed E-state index contributed by atoms with van der Waals surface area (Å²) in [6.45, 7) is 7.37. The van der Waals surface area contributed by atoms with Gasteiger partial charge in [-0.05, 0) is 43.3 Å². The molecule has 2 heterocycles. The Morgan fingerprint density at radius 3 is 2.31 bits per heavy atom. The Balaban J connectivity index is 1.49. The van der Waals surface area contributed by atoms with Crippen molar-refractivity contribution in [2.75, 3.05) is 18.4 Å². The standard InChI is InChI=1S/C24H29N7O4/c1-16(31-20(32)11-10-19(29-31)30-15-5-12-27-30)21(33)25-13-14-26-22(34)17-6-8-18(9-7-17)28-23(35)24(2,3)4/h5-12,15-16H,13-14H2,1-4H3,(H,25,33)(H,26,34)(H,28,35). The van der Waals surface area contributed by atoms with Gasteiger partial charge in [-0.3, -0.25) is 19.2 Å². The summed E-state index contributed by atoms with van der Waals surface area (Å²) in [5, 5.41) is 16.5. The molecule has 3 amide bonds. The van der Waals surface area contributed by atoms with E-state index in [-0.39, 0.29) is 24.9 Å². The van der Waals surface area contributed by atoms with Crippen LogP contribution in [0.4, 0.5) is 5.69 Å². The van der Waals surface area contributed by atoms with E-state index in [1.54, 1.807) is 49.6 Å². The van der Waals surface area contributed by atoms with Gasteiger partial charge in [-0.15, -0.1) is 5.10 Å². The van der Waals surface area contributed by atoms with Crippen LogP contribution in [-0.2, 0) is 9.59 Å². The maximum atomic E-state index is 12.5. The number of nitrogens with zero attached hydrogens (tertiary/aromatic N) is 4. The number of hydrogen-bond acceptors (Lipinski definition) is 6. The maximum absolute atomic E-state index is 12.5. The van der Waals surface area contributed by atoms with Crippen LogP contribution < -0.4 is 21.5 Å². The summed E-state index contributed by atoms with van der Waals surface area (Å²) in [4.78, 5) is 49.1. The zero-order valence-electron chi connectivity index (χ0n) is 20.1. The van der Waals surface area contributed by atoms with Gasteiger partial charge in [-0.25, -0.2) is 9.36 Å². The fraction of sp³-hybridized carbons (Fsp3) is 0.333. The molecule has 11 nitrogen and oxygen atoms in total. The zero-order valence-corrected chi connectivity index (χ0v) is 20.1. The first-order chi connectivity index (χ1) is 16.6. The molecule has 0 radical (unpaired) electrons. The molecule has 3 rings (SSSR count). The highest BCUT2D eigenvalue weighted by Crippen LogP contribution is 2.17. The molecule has 1 atom stereocenters. The average molecular weight is 480 g/mol. The molecule has 0 fully saturated rings. The van der Waals surface area contributed by atoms with Crippen LogP contribution in [0.2, 0.25) is 0 Å². The maximum Gasteiger partial charge on any atom is 0.267 e. The molecule has 0 bridgehead atoms.